The van der Waals surface area contributed by atoms with Gasteiger partial charge in [-0.05, 0) is 41.8 Å². The molecule has 0 aliphatic rings. The van der Waals surface area contributed by atoms with Crippen molar-refractivity contribution in [3.05, 3.63) is 70.2 Å². The molecule has 0 aliphatic carbocycles. The van der Waals surface area contributed by atoms with E-state index in [-0.39, 0.29) is 5.91 Å². The van der Waals surface area contributed by atoms with Crippen LogP contribution < -0.4 is 5.32 Å². The molecule has 0 aliphatic heterocycles. The summed E-state index contributed by atoms with van der Waals surface area (Å²) in [5, 5.41) is 3.60. The summed E-state index contributed by atoms with van der Waals surface area (Å²) in [6.07, 6.45) is 0.929. The molecule has 19 heavy (non-hydrogen) atoms. The van der Waals surface area contributed by atoms with E-state index in [1.807, 2.05) is 48.5 Å². The molecular formula is C16H16ClNO. The van der Waals surface area contributed by atoms with E-state index in [1.54, 1.807) is 0 Å². The molecule has 0 spiro atoms. The van der Waals surface area contributed by atoms with E-state index in [9.17, 15) is 4.79 Å². The van der Waals surface area contributed by atoms with Gasteiger partial charge < -0.3 is 5.32 Å². The molecule has 0 aromatic heterocycles. The normalized spacial score (nSPS) is 10.2. The van der Waals surface area contributed by atoms with Crippen LogP contribution in [0.2, 0.25) is 5.02 Å². The molecule has 0 saturated carbocycles. The Bertz CT molecular complexity index is 563. The maximum Gasteiger partial charge on any atom is 0.251 e. The maximum atomic E-state index is 12.0. The molecule has 0 radical (unpaired) electrons. The van der Waals surface area contributed by atoms with Crippen LogP contribution in [-0.4, -0.2) is 5.91 Å². The van der Waals surface area contributed by atoms with Crippen molar-refractivity contribution in [2.24, 2.45) is 0 Å². The molecule has 0 saturated heterocycles. The Kier molecular flexibility index (Phi) is 4.58. The molecule has 0 bridgehead atoms. The van der Waals surface area contributed by atoms with Crippen molar-refractivity contribution in [3.63, 3.8) is 0 Å². The second kappa shape index (κ2) is 6.39. The van der Waals surface area contributed by atoms with Gasteiger partial charge in [-0.15, -0.1) is 0 Å². The zero-order valence-electron chi connectivity index (χ0n) is 10.8. The van der Waals surface area contributed by atoms with E-state index >= 15 is 0 Å². The van der Waals surface area contributed by atoms with Crippen LogP contribution in [0.5, 0.6) is 0 Å². The molecule has 2 rings (SSSR count). The van der Waals surface area contributed by atoms with E-state index in [2.05, 4.69) is 12.2 Å². The fourth-order valence-electron chi connectivity index (χ4n) is 1.82. The number of carbonyl (C=O) groups is 1. The van der Waals surface area contributed by atoms with E-state index < -0.39 is 0 Å². The van der Waals surface area contributed by atoms with Crippen molar-refractivity contribution < 1.29 is 4.79 Å². The Hall–Kier alpha value is -1.80. The van der Waals surface area contributed by atoms with Crippen LogP contribution in [0, 0.1) is 0 Å². The molecule has 1 amide bonds. The molecule has 2 aromatic rings. The first-order valence-electron chi connectivity index (χ1n) is 6.30. The Morgan fingerprint density at radius 2 is 1.84 bits per heavy atom. The molecule has 0 unspecified atom stereocenters. The number of carbonyl (C=O) groups excluding carboxylic acids is 1. The van der Waals surface area contributed by atoms with Crippen LogP contribution in [0.4, 0.5) is 0 Å². The van der Waals surface area contributed by atoms with Gasteiger partial charge in [0.1, 0.15) is 0 Å². The lowest BCUT2D eigenvalue weighted by Crippen LogP contribution is -2.22. The minimum Gasteiger partial charge on any atom is -0.348 e. The quantitative estimate of drug-likeness (QED) is 0.901. The van der Waals surface area contributed by atoms with E-state index in [0.29, 0.717) is 17.1 Å². The van der Waals surface area contributed by atoms with Crippen molar-refractivity contribution in [1.29, 1.82) is 0 Å². The molecule has 1 N–H and O–H groups in total. The first kappa shape index (κ1) is 13.6. The average molecular weight is 274 g/mol. The Morgan fingerprint density at radius 1 is 1.11 bits per heavy atom. The smallest absolute Gasteiger partial charge is 0.251 e. The van der Waals surface area contributed by atoms with Gasteiger partial charge in [0.2, 0.25) is 0 Å². The summed E-state index contributed by atoms with van der Waals surface area (Å²) < 4.78 is 0. The molecule has 0 atom stereocenters. The maximum absolute atomic E-state index is 12.0. The summed E-state index contributed by atoms with van der Waals surface area (Å²) in [5.41, 5.74) is 2.90. The molecule has 98 valence electrons. The highest BCUT2D eigenvalue weighted by atomic mass is 35.5. The van der Waals surface area contributed by atoms with Gasteiger partial charge in [0, 0.05) is 17.1 Å². The summed E-state index contributed by atoms with van der Waals surface area (Å²) in [4.78, 5) is 12.0. The summed E-state index contributed by atoms with van der Waals surface area (Å²) in [7, 11) is 0. The third-order valence-corrected chi connectivity index (χ3v) is 3.22. The van der Waals surface area contributed by atoms with Gasteiger partial charge in [0.05, 0.1) is 0 Å². The van der Waals surface area contributed by atoms with Gasteiger partial charge in [0.25, 0.3) is 5.91 Å². The highest BCUT2D eigenvalue weighted by Gasteiger charge is 2.05. The minimum atomic E-state index is -0.0507. The summed E-state index contributed by atoms with van der Waals surface area (Å²) in [6, 6.07) is 15.2. The average Bonchev–Trinajstić information content (AvgIpc) is 2.46. The van der Waals surface area contributed by atoms with E-state index in [0.717, 1.165) is 12.0 Å². The zero-order chi connectivity index (χ0) is 13.7. The number of benzene rings is 2. The third kappa shape index (κ3) is 3.83. The monoisotopic (exact) mass is 273 g/mol. The SMILES string of the molecule is CCc1cccc(C(=O)NCc2ccc(Cl)cc2)c1. The molecule has 3 heteroatoms. The zero-order valence-corrected chi connectivity index (χ0v) is 11.6. The first-order chi connectivity index (χ1) is 9.19. The topological polar surface area (TPSA) is 29.1 Å². The predicted octanol–water partition coefficient (Wildman–Crippen LogP) is 3.83. The van der Waals surface area contributed by atoms with Gasteiger partial charge in [0.15, 0.2) is 0 Å². The van der Waals surface area contributed by atoms with Crippen LogP contribution in [0.3, 0.4) is 0 Å². The van der Waals surface area contributed by atoms with Crippen LogP contribution in [0.15, 0.2) is 48.5 Å². The number of hydrogen-bond donors (Lipinski definition) is 1. The highest BCUT2D eigenvalue weighted by molar-refractivity contribution is 6.30. The second-order valence-electron chi connectivity index (χ2n) is 4.36. The van der Waals surface area contributed by atoms with Crippen LogP contribution in [0.1, 0.15) is 28.4 Å². The Balaban J connectivity index is 1.99. The van der Waals surface area contributed by atoms with Gasteiger partial charge >= 0.3 is 0 Å². The van der Waals surface area contributed by atoms with Crippen molar-refractivity contribution in [2.75, 3.05) is 0 Å². The third-order valence-electron chi connectivity index (χ3n) is 2.96. The molecule has 0 fully saturated rings. The summed E-state index contributed by atoms with van der Waals surface area (Å²) >= 11 is 5.82. The van der Waals surface area contributed by atoms with Gasteiger partial charge in [-0.1, -0.05) is 42.8 Å². The Morgan fingerprint density at radius 3 is 2.53 bits per heavy atom. The van der Waals surface area contributed by atoms with Gasteiger partial charge in [-0.2, -0.15) is 0 Å². The molecular weight excluding hydrogens is 258 g/mol. The van der Waals surface area contributed by atoms with Crippen molar-refractivity contribution >= 4 is 17.5 Å². The van der Waals surface area contributed by atoms with E-state index in [1.165, 1.54) is 5.56 Å². The number of halogens is 1. The molecule has 0 heterocycles. The van der Waals surface area contributed by atoms with Gasteiger partial charge in [-0.25, -0.2) is 0 Å². The number of amides is 1. The number of nitrogens with one attached hydrogen (secondary N) is 1. The summed E-state index contributed by atoms with van der Waals surface area (Å²) in [5.74, 6) is -0.0507. The van der Waals surface area contributed by atoms with E-state index in [4.69, 9.17) is 11.6 Å². The van der Waals surface area contributed by atoms with Gasteiger partial charge in [-0.3, -0.25) is 4.79 Å². The van der Waals surface area contributed by atoms with Crippen molar-refractivity contribution in [2.45, 2.75) is 19.9 Å². The summed E-state index contributed by atoms with van der Waals surface area (Å²) in [6.45, 7) is 2.58. The second-order valence-corrected chi connectivity index (χ2v) is 4.80. The van der Waals surface area contributed by atoms with Crippen molar-refractivity contribution in [1.82, 2.24) is 5.32 Å². The molecule has 2 aromatic carbocycles. The highest BCUT2D eigenvalue weighted by Crippen LogP contribution is 2.10. The van der Waals surface area contributed by atoms with Crippen LogP contribution in [-0.2, 0) is 13.0 Å². The first-order valence-corrected chi connectivity index (χ1v) is 6.68. The fourth-order valence-corrected chi connectivity index (χ4v) is 1.95. The lowest BCUT2D eigenvalue weighted by molar-refractivity contribution is 0.0951. The largest absolute Gasteiger partial charge is 0.348 e. The van der Waals surface area contributed by atoms with Crippen LogP contribution >= 0.6 is 11.6 Å². The van der Waals surface area contributed by atoms with Crippen molar-refractivity contribution in [3.8, 4) is 0 Å². The lowest BCUT2D eigenvalue weighted by Gasteiger charge is -2.06. The van der Waals surface area contributed by atoms with Crippen LogP contribution in [0.25, 0.3) is 0 Å². The number of aryl methyl sites for hydroxylation is 1. The lowest BCUT2D eigenvalue weighted by atomic mass is 10.1. The predicted molar refractivity (Wildman–Crippen MR) is 78.4 cm³/mol. The molecule has 2 nitrogen and oxygen atoms in total. The Labute approximate surface area is 118 Å². The minimum absolute atomic E-state index is 0.0507. The number of hydrogen-bond acceptors (Lipinski definition) is 1. The number of rotatable bonds is 4. The standard InChI is InChI=1S/C16H16ClNO/c1-2-12-4-3-5-14(10-12)16(19)18-11-13-6-8-15(17)9-7-13/h3-10H,2,11H2,1H3,(H,18,19). The fraction of sp³-hybridized carbons (Fsp3) is 0.188.